The lowest BCUT2D eigenvalue weighted by atomic mass is 9.69. The van der Waals surface area contributed by atoms with Gasteiger partial charge < -0.3 is 14.6 Å². The van der Waals surface area contributed by atoms with E-state index in [-0.39, 0.29) is 10.8 Å². The Hall–Kier alpha value is -0.640. The molecule has 19 heavy (non-hydrogen) atoms. The Morgan fingerprint density at radius 2 is 1.21 bits per heavy atom. The highest BCUT2D eigenvalue weighted by Crippen LogP contribution is 2.49. The van der Waals surface area contributed by atoms with Gasteiger partial charge in [-0.3, -0.25) is 0 Å². The van der Waals surface area contributed by atoms with Gasteiger partial charge in [0, 0.05) is 14.2 Å². The summed E-state index contributed by atoms with van der Waals surface area (Å²) in [6.45, 7) is 12.6. The normalized spacial score (nSPS) is 21.1. The Kier molecular flexibility index (Phi) is 4.35. The van der Waals surface area contributed by atoms with Gasteiger partial charge in [0.05, 0.1) is 6.10 Å². The van der Waals surface area contributed by atoms with Crippen LogP contribution in [0, 0.1) is 10.8 Å². The summed E-state index contributed by atoms with van der Waals surface area (Å²) in [6.07, 6.45) is 3.08. The third kappa shape index (κ3) is 2.93. The fourth-order valence-electron chi connectivity index (χ4n) is 2.76. The van der Waals surface area contributed by atoms with E-state index in [2.05, 4.69) is 41.5 Å². The van der Waals surface area contributed by atoms with Crippen LogP contribution in [0.15, 0.2) is 23.3 Å². The number of hydrogen-bond donors (Lipinski definition) is 1. The van der Waals surface area contributed by atoms with E-state index in [1.165, 1.54) is 0 Å². The largest absolute Gasteiger partial charge is 0.385 e. The molecule has 0 aromatic rings. The summed E-state index contributed by atoms with van der Waals surface area (Å²) in [7, 11) is 3.31. The molecule has 0 spiro atoms. The molecule has 0 unspecified atom stereocenters. The molecule has 0 aromatic carbocycles. The van der Waals surface area contributed by atoms with Crippen molar-refractivity contribution in [3.8, 4) is 0 Å². The van der Waals surface area contributed by atoms with Gasteiger partial charge in [-0.2, -0.15) is 0 Å². The van der Waals surface area contributed by atoms with E-state index in [4.69, 9.17) is 9.47 Å². The van der Waals surface area contributed by atoms with Gasteiger partial charge in [0.1, 0.15) is 0 Å². The molecule has 0 amide bonds. The molecular formula is C16H28O3. The highest BCUT2D eigenvalue weighted by molar-refractivity contribution is 5.42. The summed E-state index contributed by atoms with van der Waals surface area (Å²) in [6, 6.07) is 0. The molecule has 1 aliphatic rings. The van der Waals surface area contributed by atoms with Crippen molar-refractivity contribution < 1.29 is 14.6 Å². The highest BCUT2D eigenvalue weighted by atomic mass is 16.7. The van der Waals surface area contributed by atoms with E-state index in [0.717, 1.165) is 11.1 Å². The number of aliphatic hydroxyl groups excluding tert-OH is 1. The standard InChI is InChI=1S/C16H28O3/c1-14(2,3)12-9-11(17)10-13(15(4,5)6)16(12,18-7)19-8/h9-11,17H,1-8H3. The maximum Gasteiger partial charge on any atom is 0.214 e. The maximum atomic E-state index is 10.1. The fourth-order valence-corrected chi connectivity index (χ4v) is 2.76. The van der Waals surface area contributed by atoms with Gasteiger partial charge in [-0.25, -0.2) is 0 Å². The number of ether oxygens (including phenoxy) is 2. The summed E-state index contributed by atoms with van der Waals surface area (Å²) in [5, 5.41) is 10.1. The number of methoxy groups -OCH3 is 2. The predicted molar refractivity (Wildman–Crippen MR) is 77.8 cm³/mol. The second kappa shape index (κ2) is 5.04. The van der Waals surface area contributed by atoms with Gasteiger partial charge in [-0.05, 0) is 34.1 Å². The molecule has 0 atom stereocenters. The lowest BCUT2D eigenvalue weighted by Gasteiger charge is -2.47. The van der Waals surface area contributed by atoms with Crippen molar-refractivity contribution >= 4 is 0 Å². The summed E-state index contributed by atoms with van der Waals surface area (Å²) in [4.78, 5) is 0. The first-order chi connectivity index (χ1) is 8.49. The van der Waals surface area contributed by atoms with Crippen molar-refractivity contribution in [1.82, 2.24) is 0 Å². The summed E-state index contributed by atoms with van der Waals surface area (Å²) < 4.78 is 11.6. The van der Waals surface area contributed by atoms with Crippen molar-refractivity contribution in [3.05, 3.63) is 23.3 Å². The van der Waals surface area contributed by atoms with Crippen molar-refractivity contribution in [2.75, 3.05) is 14.2 Å². The van der Waals surface area contributed by atoms with E-state index < -0.39 is 11.9 Å². The molecule has 0 heterocycles. The third-order valence-electron chi connectivity index (χ3n) is 3.57. The minimum Gasteiger partial charge on any atom is -0.385 e. The van der Waals surface area contributed by atoms with Crippen LogP contribution in [0.5, 0.6) is 0 Å². The zero-order valence-corrected chi connectivity index (χ0v) is 13.5. The second-order valence-corrected chi connectivity index (χ2v) is 7.18. The van der Waals surface area contributed by atoms with Gasteiger partial charge in [-0.1, -0.05) is 41.5 Å². The van der Waals surface area contributed by atoms with E-state index >= 15 is 0 Å². The third-order valence-corrected chi connectivity index (χ3v) is 3.57. The molecule has 3 heteroatoms. The first kappa shape index (κ1) is 16.4. The number of aliphatic hydroxyl groups is 1. The number of rotatable bonds is 2. The van der Waals surface area contributed by atoms with Gasteiger partial charge in [-0.15, -0.1) is 0 Å². The highest BCUT2D eigenvalue weighted by Gasteiger charge is 2.49. The first-order valence-electron chi connectivity index (χ1n) is 6.73. The second-order valence-electron chi connectivity index (χ2n) is 7.18. The fraction of sp³-hybridized carbons (Fsp3) is 0.750. The molecule has 0 bridgehead atoms. The van der Waals surface area contributed by atoms with E-state index in [0.29, 0.717) is 0 Å². The molecule has 0 saturated heterocycles. The van der Waals surface area contributed by atoms with Gasteiger partial charge in [0.2, 0.25) is 5.79 Å². The van der Waals surface area contributed by atoms with Crippen LogP contribution in [-0.2, 0) is 9.47 Å². The average molecular weight is 268 g/mol. The van der Waals surface area contributed by atoms with Gasteiger partial charge in [0.25, 0.3) is 0 Å². The molecule has 0 aromatic heterocycles. The quantitative estimate of drug-likeness (QED) is 0.617. The molecule has 0 saturated carbocycles. The van der Waals surface area contributed by atoms with Crippen LogP contribution in [0.25, 0.3) is 0 Å². The number of hydrogen-bond acceptors (Lipinski definition) is 3. The Balaban J connectivity index is 3.50. The van der Waals surface area contributed by atoms with Crippen LogP contribution in [-0.4, -0.2) is 31.2 Å². The molecule has 110 valence electrons. The summed E-state index contributed by atoms with van der Waals surface area (Å²) in [5.41, 5.74) is 1.62. The van der Waals surface area contributed by atoms with Crippen LogP contribution in [0.2, 0.25) is 0 Å². The van der Waals surface area contributed by atoms with E-state index in [9.17, 15) is 5.11 Å². The Morgan fingerprint density at radius 3 is 1.42 bits per heavy atom. The van der Waals surface area contributed by atoms with E-state index in [1.807, 2.05) is 12.2 Å². The van der Waals surface area contributed by atoms with Crippen LogP contribution < -0.4 is 0 Å². The van der Waals surface area contributed by atoms with Crippen molar-refractivity contribution in [1.29, 1.82) is 0 Å². The Bertz CT molecular complexity index is 353. The Labute approximate surface area is 117 Å². The monoisotopic (exact) mass is 268 g/mol. The van der Waals surface area contributed by atoms with Crippen molar-refractivity contribution in [2.24, 2.45) is 10.8 Å². The molecule has 3 nitrogen and oxygen atoms in total. The van der Waals surface area contributed by atoms with Crippen molar-refractivity contribution in [2.45, 2.75) is 53.4 Å². The maximum absolute atomic E-state index is 10.1. The molecule has 0 radical (unpaired) electrons. The van der Waals surface area contributed by atoms with Gasteiger partial charge in [0.15, 0.2) is 0 Å². The molecular weight excluding hydrogens is 240 g/mol. The van der Waals surface area contributed by atoms with Crippen LogP contribution >= 0.6 is 0 Å². The molecule has 1 rings (SSSR count). The summed E-state index contributed by atoms with van der Waals surface area (Å²) in [5.74, 6) is -0.893. The zero-order chi connectivity index (χ0) is 15.1. The van der Waals surface area contributed by atoms with Gasteiger partial charge >= 0.3 is 0 Å². The topological polar surface area (TPSA) is 38.7 Å². The molecule has 0 aliphatic heterocycles. The van der Waals surface area contributed by atoms with E-state index in [1.54, 1.807) is 14.2 Å². The predicted octanol–water partition coefficient (Wildman–Crippen LogP) is 3.30. The molecule has 0 fully saturated rings. The van der Waals surface area contributed by atoms with Crippen LogP contribution in [0.1, 0.15) is 41.5 Å². The molecule has 1 aliphatic carbocycles. The Morgan fingerprint density at radius 1 is 0.895 bits per heavy atom. The van der Waals surface area contributed by atoms with Crippen LogP contribution in [0.3, 0.4) is 0 Å². The smallest absolute Gasteiger partial charge is 0.214 e. The first-order valence-corrected chi connectivity index (χ1v) is 6.73. The van der Waals surface area contributed by atoms with Crippen molar-refractivity contribution in [3.63, 3.8) is 0 Å². The SMILES string of the molecule is COC1(OC)C(C(C)(C)C)=CC(O)C=C1C(C)(C)C. The zero-order valence-electron chi connectivity index (χ0n) is 13.5. The lowest BCUT2D eigenvalue weighted by molar-refractivity contribution is -0.169. The summed E-state index contributed by atoms with van der Waals surface area (Å²) >= 11 is 0. The minimum atomic E-state index is -0.893. The molecule has 1 N–H and O–H groups in total. The minimum absolute atomic E-state index is 0.155. The lowest BCUT2D eigenvalue weighted by Crippen LogP contribution is -2.48. The average Bonchev–Trinajstić information content (AvgIpc) is 2.26. The van der Waals surface area contributed by atoms with Crippen LogP contribution in [0.4, 0.5) is 0 Å².